The van der Waals surface area contributed by atoms with Gasteiger partial charge >= 0.3 is 0 Å². The molecule has 1 aliphatic rings. The number of amides is 1. The molecular formula is C19H26N2O2. The maximum absolute atomic E-state index is 12.8. The van der Waals surface area contributed by atoms with Crippen LogP contribution in [-0.2, 0) is 11.8 Å². The minimum atomic E-state index is 0.171. The molecule has 4 heteroatoms. The second kappa shape index (κ2) is 7.18. The fourth-order valence-electron chi connectivity index (χ4n) is 3.58. The van der Waals surface area contributed by atoms with Gasteiger partial charge < -0.3 is 14.2 Å². The van der Waals surface area contributed by atoms with E-state index < -0.39 is 0 Å². The molecule has 1 atom stereocenters. The zero-order chi connectivity index (χ0) is 16.2. The molecule has 0 spiro atoms. The number of hydrogen-bond acceptors (Lipinski definition) is 2. The molecule has 1 aliphatic heterocycles. The van der Waals surface area contributed by atoms with Gasteiger partial charge in [-0.05, 0) is 55.2 Å². The number of piperidine rings is 1. The van der Waals surface area contributed by atoms with Crippen LogP contribution < -0.4 is 0 Å². The summed E-state index contributed by atoms with van der Waals surface area (Å²) in [6.07, 6.45) is 6.60. The summed E-state index contributed by atoms with van der Waals surface area (Å²) >= 11 is 0. The Bertz CT molecular complexity index is 677. The van der Waals surface area contributed by atoms with Gasteiger partial charge in [0.2, 0.25) is 0 Å². The second-order valence-electron chi connectivity index (χ2n) is 6.59. The first-order valence-electron chi connectivity index (χ1n) is 8.52. The molecule has 0 saturated carbocycles. The van der Waals surface area contributed by atoms with Gasteiger partial charge in [-0.15, -0.1) is 0 Å². The SMILES string of the molecule is COCCCC1CCCN(C(=O)c2ccc3ccn(C)c3c2)C1. The van der Waals surface area contributed by atoms with Crippen LogP contribution >= 0.6 is 0 Å². The van der Waals surface area contributed by atoms with Gasteiger partial charge in [-0.25, -0.2) is 0 Å². The van der Waals surface area contributed by atoms with Gasteiger partial charge in [-0.1, -0.05) is 6.07 Å². The van der Waals surface area contributed by atoms with Crippen molar-refractivity contribution in [1.29, 1.82) is 0 Å². The highest BCUT2D eigenvalue weighted by Gasteiger charge is 2.24. The predicted molar refractivity (Wildman–Crippen MR) is 92.7 cm³/mol. The number of rotatable bonds is 5. The zero-order valence-electron chi connectivity index (χ0n) is 14.1. The summed E-state index contributed by atoms with van der Waals surface area (Å²) in [7, 11) is 3.76. The molecule has 1 amide bonds. The van der Waals surface area contributed by atoms with E-state index >= 15 is 0 Å². The number of aryl methyl sites for hydroxylation is 1. The highest BCUT2D eigenvalue weighted by molar-refractivity contribution is 5.98. The van der Waals surface area contributed by atoms with Crippen LogP contribution in [0.25, 0.3) is 10.9 Å². The van der Waals surface area contributed by atoms with Crippen LogP contribution in [0.5, 0.6) is 0 Å². The lowest BCUT2D eigenvalue weighted by Gasteiger charge is -2.33. The summed E-state index contributed by atoms with van der Waals surface area (Å²) < 4.78 is 7.20. The van der Waals surface area contributed by atoms with Gasteiger partial charge in [0.05, 0.1) is 0 Å². The molecule has 2 aromatic rings. The van der Waals surface area contributed by atoms with Gasteiger partial charge in [0, 0.05) is 51.1 Å². The predicted octanol–water partition coefficient (Wildman–Crippen LogP) is 3.46. The van der Waals surface area contributed by atoms with Crippen LogP contribution in [0.4, 0.5) is 0 Å². The van der Waals surface area contributed by atoms with E-state index in [-0.39, 0.29) is 5.91 Å². The zero-order valence-corrected chi connectivity index (χ0v) is 14.1. The van der Waals surface area contributed by atoms with Crippen molar-refractivity contribution in [3.8, 4) is 0 Å². The first-order valence-corrected chi connectivity index (χ1v) is 8.52. The molecule has 124 valence electrons. The Balaban J connectivity index is 1.69. The number of ether oxygens (including phenoxy) is 1. The molecule has 3 rings (SSSR count). The van der Waals surface area contributed by atoms with Crippen molar-refractivity contribution in [3.63, 3.8) is 0 Å². The van der Waals surface area contributed by atoms with Gasteiger partial charge in [0.15, 0.2) is 0 Å². The smallest absolute Gasteiger partial charge is 0.253 e. The number of carbonyl (C=O) groups excluding carboxylic acids is 1. The normalized spacial score (nSPS) is 18.5. The number of nitrogens with zero attached hydrogens (tertiary/aromatic N) is 2. The Morgan fingerprint density at radius 1 is 1.35 bits per heavy atom. The molecule has 1 unspecified atom stereocenters. The van der Waals surface area contributed by atoms with Gasteiger partial charge in [0.1, 0.15) is 0 Å². The van der Waals surface area contributed by atoms with Crippen molar-refractivity contribution >= 4 is 16.8 Å². The highest BCUT2D eigenvalue weighted by Crippen LogP contribution is 2.24. The van der Waals surface area contributed by atoms with Gasteiger partial charge in [-0.2, -0.15) is 0 Å². The lowest BCUT2D eigenvalue weighted by atomic mass is 9.93. The molecule has 1 fully saturated rings. The molecule has 0 bridgehead atoms. The molecule has 1 aromatic carbocycles. The minimum Gasteiger partial charge on any atom is -0.385 e. The Morgan fingerprint density at radius 3 is 3.04 bits per heavy atom. The third kappa shape index (κ3) is 3.58. The molecule has 2 heterocycles. The summed E-state index contributed by atoms with van der Waals surface area (Å²) in [5.74, 6) is 0.783. The average molecular weight is 314 g/mol. The number of benzene rings is 1. The second-order valence-corrected chi connectivity index (χ2v) is 6.59. The third-order valence-electron chi connectivity index (χ3n) is 4.90. The van der Waals surface area contributed by atoms with Crippen LogP contribution in [0, 0.1) is 5.92 Å². The largest absolute Gasteiger partial charge is 0.385 e. The Morgan fingerprint density at radius 2 is 2.22 bits per heavy atom. The third-order valence-corrected chi connectivity index (χ3v) is 4.90. The molecule has 23 heavy (non-hydrogen) atoms. The highest BCUT2D eigenvalue weighted by atomic mass is 16.5. The molecule has 1 saturated heterocycles. The number of likely N-dealkylation sites (tertiary alicyclic amines) is 1. The van der Waals surface area contributed by atoms with Crippen LogP contribution in [0.15, 0.2) is 30.5 Å². The molecule has 0 N–H and O–H groups in total. The quantitative estimate of drug-likeness (QED) is 0.792. The van der Waals surface area contributed by atoms with E-state index in [2.05, 4.69) is 10.6 Å². The lowest BCUT2D eigenvalue weighted by molar-refractivity contribution is 0.0660. The average Bonchev–Trinajstić information content (AvgIpc) is 2.95. The summed E-state index contributed by atoms with van der Waals surface area (Å²) in [5.41, 5.74) is 1.92. The fourth-order valence-corrected chi connectivity index (χ4v) is 3.58. The van der Waals surface area contributed by atoms with Crippen LogP contribution in [0.2, 0.25) is 0 Å². The van der Waals surface area contributed by atoms with E-state index in [9.17, 15) is 4.79 Å². The van der Waals surface area contributed by atoms with Crippen molar-refractivity contribution in [3.05, 3.63) is 36.0 Å². The topological polar surface area (TPSA) is 34.5 Å². The first-order chi connectivity index (χ1) is 11.2. The molecule has 0 radical (unpaired) electrons. The van der Waals surface area contributed by atoms with E-state index in [0.29, 0.717) is 5.92 Å². The summed E-state index contributed by atoms with van der Waals surface area (Å²) in [4.78, 5) is 14.9. The maximum atomic E-state index is 12.8. The first kappa shape index (κ1) is 16.1. The number of fused-ring (bicyclic) bond motifs is 1. The van der Waals surface area contributed by atoms with E-state index in [0.717, 1.165) is 50.0 Å². The number of hydrogen-bond donors (Lipinski definition) is 0. The molecule has 4 nitrogen and oxygen atoms in total. The van der Waals surface area contributed by atoms with E-state index in [1.54, 1.807) is 7.11 Å². The van der Waals surface area contributed by atoms with Crippen molar-refractivity contribution in [1.82, 2.24) is 9.47 Å². The number of aromatic nitrogens is 1. The standard InChI is InChI=1S/C19H26N2O2/c1-20-11-9-16-7-8-17(13-18(16)20)19(22)21-10-3-5-15(14-21)6-4-12-23-2/h7-9,11,13,15H,3-6,10,12,14H2,1-2H3. The number of methoxy groups -OCH3 is 1. The van der Waals surface area contributed by atoms with Crippen LogP contribution in [-0.4, -0.2) is 42.2 Å². The Kier molecular flexibility index (Phi) is 5.01. The van der Waals surface area contributed by atoms with Crippen molar-refractivity contribution in [2.45, 2.75) is 25.7 Å². The molecule has 0 aliphatic carbocycles. The van der Waals surface area contributed by atoms with Gasteiger partial charge in [0.25, 0.3) is 5.91 Å². The molecule has 1 aromatic heterocycles. The Hall–Kier alpha value is -1.81. The van der Waals surface area contributed by atoms with E-state index in [4.69, 9.17) is 4.74 Å². The van der Waals surface area contributed by atoms with Gasteiger partial charge in [-0.3, -0.25) is 4.79 Å². The van der Waals surface area contributed by atoms with E-state index in [1.807, 2.05) is 36.3 Å². The van der Waals surface area contributed by atoms with Crippen LogP contribution in [0.3, 0.4) is 0 Å². The fraction of sp³-hybridized carbons (Fsp3) is 0.526. The summed E-state index contributed by atoms with van der Waals surface area (Å²) in [5, 5.41) is 1.18. The summed E-state index contributed by atoms with van der Waals surface area (Å²) in [6.45, 7) is 2.58. The van der Waals surface area contributed by atoms with Crippen molar-refractivity contribution in [2.24, 2.45) is 13.0 Å². The lowest BCUT2D eigenvalue weighted by Crippen LogP contribution is -2.40. The monoisotopic (exact) mass is 314 g/mol. The van der Waals surface area contributed by atoms with Crippen molar-refractivity contribution < 1.29 is 9.53 Å². The Labute approximate surface area is 138 Å². The number of carbonyl (C=O) groups is 1. The van der Waals surface area contributed by atoms with Crippen LogP contribution in [0.1, 0.15) is 36.0 Å². The summed E-state index contributed by atoms with van der Waals surface area (Å²) in [6, 6.07) is 8.10. The molecular weight excluding hydrogens is 288 g/mol. The van der Waals surface area contributed by atoms with E-state index in [1.165, 1.54) is 11.8 Å². The van der Waals surface area contributed by atoms with Crippen molar-refractivity contribution in [2.75, 3.05) is 26.8 Å². The minimum absolute atomic E-state index is 0.171. The maximum Gasteiger partial charge on any atom is 0.253 e.